The number of carbonyl (C=O) groups excluding carboxylic acids is 1. The van der Waals surface area contributed by atoms with Gasteiger partial charge in [0, 0.05) is 31.6 Å². The Kier molecular flexibility index (Phi) is 7.44. The summed E-state index contributed by atoms with van der Waals surface area (Å²) in [4.78, 5) is 13.5. The van der Waals surface area contributed by atoms with E-state index in [9.17, 15) is 26.0 Å². The van der Waals surface area contributed by atoms with E-state index in [4.69, 9.17) is 0 Å². The van der Waals surface area contributed by atoms with E-state index >= 15 is 0 Å². The Bertz CT molecular complexity index is 1190. The molecule has 1 saturated heterocycles. The summed E-state index contributed by atoms with van der Waals surface area (Å²) in [6, 6.07) is 12.8. The van der Waals surface area contributed by atoms with Gasteiger partial charge in [-0.05, 0) is 30.7 Å². The van der Waals surface area contributed by atoms with Crippen LogP contribution in [0.5, 0.6) is 0 Å². The average molecular weight is 482 g/mol. The number of nitrogens with one attached hydrogen (secondary N) is 1. The van der Waals surface area contributed by atoms with E-state index < -0.39 is 42.7 Å². The Labute approximate surface area is 187 Å². The van der Waals surface area contributed by atoms with Crippen molar-refractivity contribution >= 4 is 32.0 Å². The van der Waals surface area contributed by atoms with Gasteiger partial charge in [-0.25, -0.2) is 21.2 Å². The molecule has 0 spiro atoms. The third kappa shape index (κ3) is 5.80. The van der Waals surface area contributed by atoms with E-state index in [1.807, 2.05) is 6.07 Å². The van der Waals surface area contributed by atoms with Crippen molar-refractivity contribution in [1.29, 1.82) is 0 Å². The molecular formula is C21H24FN3O5S2. The minimum atomic E-state index is -4.23. The molecule has 0 aromatic heterocycles. The molecule has 1 aliphatic heterocycles. The largest absolute Gasteiger partial charge is 0.339 e. The summed E-state index contributed by atoms with van der Waals surface area (Å²) >= 11 is 0. The minimum Gasteiger partial charge on any atom is -0.339 e. The Morgan fingerprint density at radius 3 is 2.19 bits per heavy atom. The van der Waals surface area contributed by atoms with E-state index in [0.29, 0.717) is 0 Å². The molecule has 0 bridgehead atoms. The monoisotopic (exact) mass is 481 g/mol. The number of benzene rings is 2. The van der Waals surface area contributed by atoms with Crippen LogP contribution < -0.4 is 4.72 Å². The molecule has 11 heteroatoms. The highest BCUT2D eigenvalue weighted by Crippen LogP contribution is 2.15. The van der Waals surface area contributed by atoms with Crippen molar-refractivity contribution in [1.82, 2.24) is 13.9 Å². The van der Waals surface area contributed by atoms with E-state index in [1.165, 1.54) is 34.3 Å². The van der Waals surface area contributed by atoms with Gasteiger partial charge in [-0.15, -0.1) is 0 Å². The fraction of sp³-hybridized carbons (Fsp3) is 0.286. The van der Waals surface area contributed by atoms with Crippen molar-refractivity contribution in [3.8, 4) is 0 Å². The molecule has 0 aliphatic carbocycles. The Balaban J connectivity index is 1.59. The number of carbonyl (C=O) groups is 1. The summed E-state index contributed by atoms with van der Waals surface area (Å²) in [7, 11) is -7.89. The number of nitrogens with zero attached hydrogens (tertiary/aromatic N) is 2. The molecule has 1 aliphatic rings. The molecule has 1 heterocycles. The fourth-order valence-corrected chi connectivity index (χ4v) is 5.71. The smallest absolute Gasteiger partial charge is 0.244 e. The topological polar surface area (TPSA) is 104 Å². The van der Waals surface area contributed by atoms with E-state index in [1.54, 1.807) is 24.3 Å². The first-order valence-electron chi connectivity index (χ1n) is 9.89. The second kappa shape index (κ2) is 9.90. The number of rotatable bonds is 7. The minimum absolute atomic E-state index is 0.0833. The lowest BCUT2D eigenvalue weighted by molar-refractivity contribution is -0.133. The van der Waals surface area contributed by atoms with Crippen molar-refractivity contribution in [2.75, 3.05) is 26.2 Å². The summed E-state index contributed by atoms with van der Waals surface area (Å²) in [5, 5.41) is 1.13. The van der Waals surface area contributed by atoms with Gasteiger partial charge < -0.3 is 4.90 Å². The van der Waals surface area contributed by atoms with Crippen molar-refractivity contribution < 1.29 is 26.0 Å². The molecule has 172 valence electrons. The van der Waals surface area contributed by atoms with Gasteiger partial charge in [0.2, 0.25) is 26.0 Å². The number of amides is 1. The summed E-state index contributed by atoms with van der Waals surface area (Å²) < 4.78 is 67.2. The highest BCUT2D eigenvalue weighted by atomic mass is 32.2. The lowest BCUT2D eigenvalue weighted by Crippen LogP contribution is -2.54. The molecule has 0 unspecified atom stereocenters. The maximum absolute atomic E-state index is 13.8. The van der Waals surface area contributed by atoms with E-state index in [0.717, 1.165) is 23.1 Å². The van der Waals surface area contributed by atoms with Crippen LogP contribution in [0.15, 0.2) is 64.9 Å². The third-order valence-corrected chi connectivity index (χ3v) is 8.11. The molecule has 1 amide bonds. The zero-order valence-corrected chi connectivity index (χ0v) is 19.0. The van der Waals surface area contributed by atoms with Crippen LogP contribution in [-0.2, 0) is 24.8 Å². The van der Waals surface area contributed by atoms with Crippen LogP contribution in [0.2, 0.25) is 0 Å². The van der Waals surface area contributed by atoms with Crippen LogP contribution in [0, 0.1) is 5.82 Å². The highest BCUT2D eigenvalue weighted by molar-refractivity contribution is 7.92. The van der Waals surface area contributed by atoms with Crippen LogP contribution in [0.1, 0.15) is 12.5 Å². The Hall–Kier alpha value is -2.60. The molecule has 8 nitrogen and oxygen atoms in total. The highest BCUT2D eigenvalue weighted by Gasteiger charge is 2.31. The fourth-order valence-electron chi connectivity index (χ4n) is 3.26. The molecule has 0 saturated carbocycles. The first-order chi connectivity index (χ1) is 15.1. The maximum atomic E-state index is 13.8. The number of sulfonamides is 2. The van der Waals surface area contributed by atoms with Crippen molar-refractivity contribution in [2.24, 2.45) is 0 Å². The average Bonchev–Trinajstić information content (AvgIpc) is 2.78. The predicted molar refractivity (Wildman–Crippen MR) is 119 cm³/mol. The first-order valence-corrected chi connectivity index (χ1v) is 12.9. The van der Waals surface area contributed by atoms with Gasteiger partial charge in [-0.2, -0.15) is 9.03 Å². The zero-order chi connectivity index (χ0) is 23.4. The number of piperazine rings is 1. The molecule has 3 rings (SSSR count). The summed E-state index contributed by atoms with van der Waals surface area (Å²) in [6.45, 7) is 1.76. The van der Waals surface area contributed by atoms with Crippen LogP contribution in [0.3, 0.4) is 0 Å². The van der Waals surface area contributed by atoms with Gasteiger partial charge in [0.1, 0.15) is 10.7 Å². The van der Waals surface area contributed by atoms with E-state index in [2.05, 4.69) is 4.72 Å². The molecule has 1 N–H and O–H groups in total. The van der Waals surface area contributed by atoms with Gasteiger partial charge >= 0.3 is 0 Å². The second-order valence-electron chi connectivity index (χ2n) is 7.26. The van der Waals surface area contributed by atoms with Gasteiger partial charge in [-0.1, -0.05) is 42.5 Å². The van der Waals surface area contributed by atoms with Gasteiger partial charge in [0.05, 0.1) is 6.04 Å². The van der Waals surface area contributed by atoms with Crippen LogP contribution in [0.25, 0.3) is 6.08 Å². The third-order valence-electron chi connectivity index (χ3n) is 4.97. The van der Waals surface area contributed by atoms with Crippen LogP contribution in [0.4, 0.5) is 4.39 Å². The van der Waals surface area contributed by atoms with Gasteiger partial charge in [-0.3, -0.25) is 4.79 Å². The lowest BCUT2D eigenvalue weighted by Gasteiger charge is -2.34. The van der Waals surface area contributed by atoms with E-state index in [-0.39, 0.29) is 26.2 Å². The number of halogens is 1. The van der Waals surface area contributed by atoms with Crippen molar-refractivity contribution in [3.63, 3.8) is 0 Å². The quantitative estimate of drug-likeness (QED) is 0.648. The summed E-state index contributed by atoms with van der Waals surface area (Å²) in [5.41, 5.74) is 0.751. The predicted octanol–water partition coefficient (Wildman–Crippen LogP) is 1.64. The van der Waals surface area contributed by atoms with Crippen molar-refractivity contribution in [3.05, 3.63) is 71.4 Å². The van der Waals surface area contributed by atoms with Crippen LogP contribution >= 0.6 is 0 Å². The molecule has 2 aromatic carbocycles. The zero-order valence-electron chi connectivity index (χ0n) is 17.4. The second-order valence-corrected chi connectivity index (χ2v) is 10.8. The maximum Gasteiger partial charge on any atom is 0.244 e. The number of hydrogen-bond donors (Lipinski definition) is 1. The SMILES string of the molecule is C[C@H](NS(=O)(=O)c1ccccc1F)C(=O)N1CCN(S(=O)(=O)/C=C/c2ccccc2)CC1. The van der Waals surface area contributed by atoms with Crippen LogP contribution in [-0.4, -0.2) is 64.2 Å². The summed E-state index contributed by atoms with van der Waals surface area (Å²) in [6.07, 6.45) is 1.51. The Morgan fingerprint density at radius 2 is 1.56 bits per heavy atom. The molecule has 1 fully saturated rings. The molecule has 32 heavy (non-hydrogen) atoms. The lowest BCUT2D eigenvalue weighted by atomic mass is 10.2. The Morgan fingerprint density at radius 1 is 0.969 bits per heavy atom. The first kappa shape index (κ1) is 24.1. The summed E-state index contributed by atoms with van der Waals surface area (Å²) in [5.74, 6) is -1.43. The van der Waals surface area contributed by atoms with Crippen molar-refractivity contribution in [2.45, 2.75) is 17.9 Å². The van der Waals surface area contributed by atoms with Gasteiger partial charge in [0.15, 0.2) is 0 Å². The molecule has 1 atom stereocenters. The molecule has 0 radical (unpaired) electrons. The normalized spacial score (nSPS) is 16.9. The molecule has 2 aromatic rings. The van der Waals surface area contributed by atoms with Gasteiger partial charge in [0.25, 0.3) is 0 Å². The standard InChI is InChI=1S/C21H24FN3O5S2/c1-17(23-32(29,30)20-10-6-5-9-19(20)22)21(26)24-12-14-25(15-13-24)31(27,28)16-11-18-7-3-2-4-8-18/h2-11,16-17,23H,12-15H2,1H3/b16-11+/t17-/m0/s1. The molecular weight excluding hydrogens is 457 g/mol. The number of hydrogen-bond acceptors (Lipinski definition) is 5.